The second-order valence-electron chi connectivity index (χ2n) is 20.9. The van der Waals surface area contributed by atoms with Crippen molar-refractivity contribution in [1.82, 2.24) is 0 Å². The Morgan fingerprint density at radius 3 is 1.15 bits per heavy atom. The predicted octanol–water partition coefficient (Wildman–Crippen LogP) is 14.6. The summed E-state index contributed by atoms with van der Waals surface area (Å²) in [5.41, 5.74) is 1.97. The van der Waals surface area contributed by atoms with Gasteiger partial charge in [-0.3, -0.25) is 4.79 Å². The zero-order chi connectivity index (χ0) is 36.5. The molecule has 0 N–H and O–H groups in total. The van der Waals surface area contributed by atoms with Gasteiger partial charge in [0.2, 0.25) is 0 Å². The zero-order valence-electron chi connectivity index (χ0n) is 34.3. The Morgan fingerprint density at radius 1 is 0.519 bits per heavy atom. The van der Waals surface area contributed by atoms with E-state index in [-0.39, 0.29) is 0 Å². The van der Waals surface area contributed by atoms with Crippen molar-refractivity contribution in [3.63, 3.8) is 0 Å². The molecule has 2 unspecified atom stereocenters. The number of rotatable bonds is 20. The highest BCUT2D eigenvalue weighted by Gasteiger charge is 2.53. The molecule has 0 aromatic carbocycles. The molecule has 4 bridgehead atoms. The lowest BCUT2D eigenvalue weighted by Gasteiger charge is -2.56. The summed E-state index contributed by atoms with van der Waals surface area (Å²) < 4.78 is 0. The van der Waals surface area contributed by atoms with Crippen LogP contribution >= 0.6 is 0 Å². The molecule has 3 nitrogen and oxygen atoms in total. The Labute approximate surface area is 321 Å². The summed E-state index contributed by atoms with van der Waals surface area (Å²) in [6.45, 7) is 4.70. The summed E-state index contributed by atoms with van der Waals surface area (Å²) in [4.78, 5) is 12.7. The molecule has 8 aliphatic rings. The summed E-state index contributed by atoms with van der Waals surface area (Å²) in [5, 5.41) is 20.6. The second-order valence-corrected chi connectivity index (χ2v) is 20.9. The van der Waals surface area contributed by atoms with Crippen molar-refractivity contribution in [2.75, 3.05) is 0 Å². The van der Waals surface area contributed by atoms with Crippen LogP contribution in [0.15, 0.2) is 0 Å². The molecule has 52 heavy (non-hydrogen) atoms. The fourth-order valence-electron chi connectivity index (χ4n) is 14.1. The van der Waals surface area contributed by atoms with E-state index in [9.17, 15) is 15.3 Å². The molecule has 0 saturated heterocycles. The molecular weight excluding hydrogens is 633 g/mol. The number of nitrogens with zero attached hydrogens (tertiary/aromatic N) is 2. The van der Waals surface area contributed by atoms with E-state index in [1.54, 1.807) is 0 Å². The first kappa shape index (κ1) is 40.3. The maximum absolute atomic E-state index is 12.7. The number of hydrogen-bond acceptors (Lipinski definition) is 3. The van der Waals surface area contributed by atoms with Crippen LogP contribution in [-0.4, -0.2) is 5.78 Å². The minimum Gasteiger partial charge on any atom is -0.300 e. The number of fused-ring (bicyclic) bond motifs is 6. The normalized spacial score (nSPS) is 38.3. The molecule has 0 aromatic heterocycles. The molecule has 0 spiro atoms. The van der Waals surface area contributed by atoms with E-state index in [2.05, 4.69) is 26.0 Å². The maximum atomic E-state index is 12.7. The molecule has 8 fully saturated rings. The molecule has 0 aliphatic heterocycles. The summed E-state index contributed by atoms with van der Waals surface area (Å²) >= 11 is 0. The quantitative estimate of drug-likeness (QED) is 0.118. The van der Waals surface area contributed by atoms with Crippen molar-refractivity contribution in [1.29, 1.82) is 10.5 Å². The summed E-state index contributed by atoms with van der Waals surface area (Å²) in [6.07, 6.45) is 43.7. The molecule has 292 valence electrons. The van der Waals surface area contributed by atoms with Crippen LogP contribution in [0.4, 0.5) is 0 Å². The monoisotopic (exact) mass is 713 g/mol. The van der Waals surface area contributed by atoms with Crippen LogP contribution in [0.5, 0.6) is 0 Å². The lowest BCUT2D eigenvalue weighted by molar-refractivity contribution is -0.119. The summed E-state index contributed by atoms with van der Waals surface area (Å²) in [6, 6.07) is 5.73. The number of Topliss-reactive ketones (excluding diaryl/α,β-unsaturated/α-hetero) is 1. The van der Waals surface area contributed by atoms with Gasteiger partial charge in [-0.15, -0.1) is 0 Å². The molecule has 0 aromatic rings. The first-order valence-electron chi connectivity index (χ1n) is 23.6. The van der Waals surface area contributed by atoms with E-state index in [0.717, 1.165) is 49.4 Å². The van der Waals surface area contributed by atoms with E-state index < -0.39 is 0 Å². The lowest BCUT2D eigenvalue weighted by atomic mass is 9.48. The van der Waals surface area contributed by atoms with Gasteiger partial charge in [-0.1, -0.05) is 104 Å². The highest BCUT2D eigenvalue weighted by atomic mass is 16.1. The van der Waals surface area contributed by atoms with E-state index in [4.69, 9.17) is 0 Å². The largest absolute Gasteiger partial charge is 0.300 e. The highest BCUT2D eigenvalue weighted by Crippen LogP contribution is 2.63. The van der Waals surface area contributed by atoms with Crippen molar-refractivity contribution in [2.24, 2.45) is 57.2 Å². The third-order valence-corrected chi connectivity index (χ3v) is 18.0. The van der Waals surface area contributed by atoms with Crippen LogP contribution < -0.4 is 0 Å². The third-order valence-electron chi connectivity index (χ3n) is 18.0. The minimum absolute atomic E-state index is 0.294. The number of hydrogen-bond donors (Lipinski definition) is 0. The standard InChI is InChI=1S/C49H80N2O/c1-3-21-46-23-29-48(30-24-46,31-25-46)43(37-50)35-41-17-13-39(14-18-41)9-5-7-11-45(52)12-8-6-10-40-15-19-42(20-16-40)36-44(38-51)49-32-26-47(22-4-2,27-33-49)28-34-49/h39-44H,3-36H2,1-2H3/t39-,40?,41-,42?,43?,44?,46?,47?,48?,49?. The van der Waals surface area contributed by atoms with Crippen LogP contribution in [0.3, 0.4) is 0 Å². The van der Waals surface area contributed by atoms with E-state index in [1.807, 2.05) is 0 Å². The fraction of sp³-hybridized carbons (Fsp3) is 0.939. The highest BCUT2D eigenvalue weighted by molar-refractivity contribution is 5.78. The van der Waals surface area contributed by atoms with Gasteiger partial charge in [0.15, 0.2) is 0 Å². The van der Waals surface area contributed by atoms with E-state index in [0.29, 0.717) is 39.3 Å². The van der Waals surface area contributed by atoms with Crippen LogP contribution in [0.2, 0.25) is 0 Å². The van der Waals surface area contributed by atoms with Crippen molar-refractivity contribution in [2.45, 2.75) is 232 Å². The molecule has 0 heterocycles. The van der Waals surface area contributed by atoms with Gasteiger partial charge in [0, 0.05) is 12.8 Å². The molecular formula is C49H80N2O. The van der Waals surface area contributed by atoms with Gasteiger partial charge in [0.05, 0.1) is 24.0 Å². The first-order chi connectivity index (χ1) is 25.3. The predicted molar refractivity (Wildman–Crippen MR) is 215 cm³/mol. The number of carbonyl (C=O) groups excluding carboxylic acids is 1. The maximum Gasteiger partial charge on any atom is 0.132 e. The van der Waals surface area contributed by atoms with Crippen molar-refractivity contribution >= 4 is 5.78 Å². The Bertz CT molecular complexity index is 1060. The molecule has 8 rings (SSSR count). The summed E-state index contributed by atoms with van der Waals surface area (Å²) in [5.74, 6) is 4.34. The van der Waals surface area contributed by atoms with Crippen molar-refractivity contribution in [3.05, 3.63) is 0 Å². The van der Waals surface area contributed by atoms with Crippen LogP contribution in [-0.2, 0) is 4.79 Å². The third kappa shape index (κ3) is 9.71. The van der Waals surface area contributed by atoms with Crippen molar-refractivity contribution < 1.29 is 4.79 Å². The zero-order valence-corrected chi connectivity index (χ0v) is 34.3. The van der Waals surface area contributed by atoms with Gasteiger partial charge in [-0.25, -0.2) is 0 Å². The first-order valence-corrected chi connectivity index (χ1v) is 23.6. The Balaban J connectivity index is 0.774. The Hall–Kier alpha value is -1.35. The fourth-order valence-corrected chi connectivity index (χ4v) is 14.1. The second kappa shape index (κ2) is 18.5. The molecule has 0 radical (unpaired) electrons. The smallest absolute Gasteiger partial charge is 0.132 e. The topological polar surface area (TPSA) is 64.7 Å². The van der Waals surface area contributed by atoms with Gasteiger partial charge in [0.25, 0.3) is 0 Å². The van der Waals surface area contributed by atoms with E-state index in [1.165, 1.54) is 193 Å². The summed E-state index contributed by atoms with van der Waals surface area (Å²) in [7, 11) is 0. The molecule has 8 saturated carbocycles. The van der Waals surface area contributed by atoms with Crippen LogP contribution in [0.1, 0.15) is 232 Å². The number of unbranched alkanes of at least 4 members (excludes halogenated alkanes) is 2. The molecule has 8 aliphatic carbocycles. The lowest BCUT2D eigenvalue weighted by Crippen LogP contribution is -2.45. The van der Waals surface area contributed by atoms with Gasteiger partial charge >= 0.3 is 0 Å². The number of carbonyl (C=O) groups is 1. The minimum atomic E-state index is 0.294. The Morgan fingerprint density at radius 2 is 0.846 bits per heavy atom. The van der Waals surface area contributed by atoms with Gasteiger partial charge in [-0.05, 0) is 161 Å². The molecule has 3 heteroatoms. The van der Waals surface area contributed by atoms with Crippen LogP contribution in [0, 0.1) is 79.8 Å². The molecule has 2 atom stereocenters. The Kier molecular flexibility index (Phi) is 14.4. The van der Waals surface area contributed by atoms with Gasteiger partial charge in [0.1, 0.15) is 5.78 Å². The van der Waals surface area contributed by atoms with Crippen LogP contribution in [0.25, 0.3) is 0 Å². The van der Waals surface area contributed by atoms with Gasteiger partial charge in [-0.2, -0.15) is 10.5 Å². The van der Waals surface area contributed by atoms with Gasteiger partial charge < -0.3 is 0 Å². The average Bonchev–Trinajstić information content (AvgIpc) is 3.19. The number of ketones is 1. The SMILES string of the molecule is CCCC12CCC(C(C#N)CC3CCC(CCCCC(=O)CCCC[C@H]4CC[C@H](CC(C#N)C56CCC(CCC)(CC5)CC6)CC4)CC3)(CC1)CC2. The average molecular weight is 713 g/mol. The number of nitriles is 2. The molecule has 0 amide bonds. The van der Waals surface area contributed by atoms with E-state index >= 15 is 0 Å². The van der Waals surface area contributed by atoms with Crippen molar-refractivity contribution in [3.8, 4) is 12.1 Å².